The lowest BCUT2D eigenvalue weighted by molar-refractivity contribution is -0.127. The lowest BCUT2D eigenvalue weighted by Crippen LogP contribution is -2.45. The van der Waals surface area contributed by atoms with Gasteiger partial charge in [0.15, 0.2) is 0 Å². The molecule has 4 aromatic rings. The van der Waals surface area contributed by atoms with Crippen LogP contribution in [-0.4, -0.2) is 60.1 Å². The predicted molar refractivity (Wildman–Crippen MR) is 166 cm³/mol. The minimum atomic E-state index is -0.159. The number of anilines is 1. The van der Waals surface area contributed by atoms with E-state index in [0.29, 0.717) is 6.54 Å². The zero-order valence-corrected chi connectivity index (χ0v) is 24.1. The number of fused-ring (bicyclic) bond motifs is 1. The summed E-state index contributed by atoms with van der Waals surface area (Å²) in [6.07, 6.45) is 4.20. The van der Waals surface area contributed by atoms with Crippen molar-refractivity contribution in [3.8, 4) is 0 Å². The number of nitrogens with one attached hydrogen (secondary N) is 1. The minimum absolute atomic E-state index is 0.0335. The molecule has 3 aromatic carbocycles. The van der Waals surface area contributed by atoms with Crippen LogP contribution in [0, 0.1) is 5.92 Å². The van der Waals surface area contributed by atoms with Crippen molar-refractivity contribution in [2.45, 2.75) is 44.2 Å². The summed E-state index contributed by atoms with van der Waals surface area (Å²) in [6, 6.07) is 27.3. The Hall–Kier alpha value is -3.68. The van der Waals surface area contributed by atoms with E-state index in [2.05, 4.69) is 75.3 Å². The number of aromatic nitrogens is 2. The normalized spacial score (nSPS) is 20.7. The Balaban J connectivity index is 1.20. The topological polar surface area (TPSA) is 79.4 Å². The van der Waals surface area contributed by atoms with E-state index in [0.717, 1.165) is 75.4 Å². The number of para-hydroxylation sites is 2. The SMILES string of the molecule is CN1CCN(c2nc3ccccc3n2Cc2ccc(C3CCCCC3C(=O)NC(CN)c3ccccc3)cc2)CC1. The highest BCUT2D eigenvalue weighted by atomic mass is 16.2. The summed E-state index contributed by atoms with van der Waals surface area (Å²) in [5.74, 6) is 1.37. The highest BCUT2D eigenvalue weighted by molar-refractivity contribution is 5.80. The maximum Gasteiger partial charge on any atom is 0.224 e. The zero-order chi connectivity index (χ0) is 28.2. The zero-order valence-electron chi connectivity index (χ0n) is 24.1. The molecule has 2 aliphatic rings. The van der Waals surface area contributed by atoms with E-state index < -0.39 is 0 Å². The lowest BCUT2D eigenvalue weighted by atomic mass is 9.74. The molecule has 1 amide bonds. The fraction of sp³-hybridized carbons (Fsp3) is 0.412. The number of rotatable bonds is 8. The minimum Gasteiger partial charge on any atom is -0.348 e. The molecular formula is C34H42N6O. The van der Waals surface area contributed by atoms with E-state index in [-0.39, 0.29) is 23.8 Å². The van der Waals surface area contributed by atoms with E-state index >= 15 is 0 Å². The molecule has 1 saturated heterocycles. The maximum atomic E-state index is 13.6. The third-order valence-electron chi connectivity index (χ3n) is 9.03. The van der Waals surface area contributed by atoms with Crippen LogP contribution in [0.2, 0.25) is 0 Å². The number of likely N-dealkylation sites (N-methyl/N-ethyl adjacent to an activating group) is 1. The van der Waals surface area contributed by atoms with Crippen molar-refractivity contribution in [3.63, 3.8) is 0 Å². The van der Waals surface area contributed by atoms with E-state index in [4.69, 9.17) is 10.7 Å². The second kappa shape index (κ2) is 12.5. The van der Waals surface area contributed by atoms with Crippen molar-refractivity contribution in [1.82, 2.24) is 19.8 Å². The fourth-order valence-electron chi connectivity index (χ4n) is 6.61. The largest absolute Gasteiger partial charge is 0.348 e. The Kier molecular flexibility index (Phi) is 8.35. The molecule has 2 heterocycles. The first-order valence-electron chi connectivity index (χ1n) is 15.1. The smallest absolute Gasteiger partial charge is 0.224 e. The fourth-order valence-corrected chi connectivity index (χ4v) is 6.61. The van der Waals surface area contributed by atoms with Gasteiger partial charge in [0.1, 0.15) is 0 Å². The third kappa shape index (κ3) is 6.02. The van der Waals surface area contributed by atoms with Crippen LogP contribution in [0.15, 0.2) is 78.9 Å². The van der Waals surface area contributed by atoms with Crippen molar-refractivity contribution in [3.05, 3.63) is 95.6 Å². The van der Waals surface area contributed by atoms with Crippen LogP contribution >= 0.6 is 0 Å². The average molecular weight is 551 g/mol. The number of carbonyl (C=O) groups is 1. The first-order chi connectivity index (χ1) is 20.1. The van der Waals surface area contributed by atoms with Crippen LogP contribution < -0.4 is 16.0 Å². The van der Waals surface area contributed by atoms with Gasteiger partial charge in [-0.1, -0.05) is 79.6 Å². The highest BCUT2D eigenvalue weighted by Gasteiger charge is 2.33. The molecule has 214 valence electrons. The van der Waals surface area contributed by atoms with Crippen LogP contribution in [0.3, 0.4) is 0 Å². The molecule has 2 fully saturated rings. The van der Waals surface area contributed by atoms with Crippen molar-refractivity contribution >= 4 is 22.9 Å². The van der Waals surface area contributed by atoms with E-state index in [9.17, 15) is 4.79 Å². The van der Waals surface area contributed by atoms with Gasteiger partial charge in [0.2, 0.25) is 11.9 Å². The number of hydrogen-bond acceptors (Lipinski definition) is 5. The molecular weight excluding hydrogens is 508 g/mol. The number of imidazole rings is 1. The molecule has 0 radical (unpaired) electrons. The van der Waals surface area contributed by atoms with Gasteiger partial charge in [-0.3, -0.25) is 4.79 Å². The first kappa shape index (κ1) is 27.5. The van der Waals surface area contributed by atoms with Gasteiger partial charge in [-0.25, -0.2) is 4.98 Å². The van der Waals surface area contributed by atoms with Crippen molar-refractivity contribution in [2.24, 2.45) is 11.7 Å². The summed E-state index contributed by atoms with van der Waals surface area (Å²) in [4.78, 5) is 23.4. The summed E-state index contributed by atoms with van der Waals surface area (Å²) in [5.41, 5.74) is 11.8. The molecule has 6 rings (SSSR count). The molecule has 3 N–H and O–H groups in total. The Morgan fingerprint density at radius 1 is 0.927 bits per heavy atom. The summed E-state index contributed by atoms with van der Waals surface area (Å²) in [5, 5.41) is 3.27. The molecule has 3 atom stereocenters. The Morgan fingerprint density at radius 3 is 2.39 bits per heavy atom. The highest BCUT2D eigenvalue weighted by Crippen LogP contribution is 2.38. The molecule has 1 aliphatic heterocycles. The standard InChI is InChI=1S/C34H42N6O/c1-38-19-21-39(22-20-38)34-37-30-13-7-8-14-32(30)40(34)24-25-15-17-26(18-16-25)28-11-5-6-12-29(28)33(41)36-31(23-35)27-9-3-2-4-10-27/h2-4,7-10,13-18,28-29,31H,5-6,11-12,19-24,35H2,1H3,(H,36,41). The lowest BCUT2D eigenvalue weighted by Gasteiger charge is -2.33. The number of benzene rings is 3. The molecule has 3 unspecified atom stereocenters. The molecule has 1 aromatic heterocycles. The summed E-state index contributed by atoms with van der Waals surface area (Å²) < 4.78 is 2.36. The molecule has 7 nitrogen and oxygen atoms in total. The van der Waals surface area contributed by atoms with Crippen LogP contribution in [-0.2, 0) is 11.3 Å². The Morgan fingerprint density at radius 2 is 1.63 bits per heavy atom. The molecule has 0 spiro atoms. The summed E-state index contributed by atoms with van der Waals surface area (Å²) >= 11 is 0. The summed E-state index contributed by atoms with van der Waals surface area (Å²) in [6.45, 7) is 5.22. The molecule has 1 aliphatic carbocycles. The molecule has 7 heteroatoms. The molecule has 1 saturated carbocycles. The van der Waals surface area contributed by atoms with Crippen molar-refractivity contribution < 1.29 is 4.79 Å². The van der Waals surface area contributed by atoms with Gasteiger partial charge in [-0.15, -0.1) is 0 Å². The maximum absolute atomic E-state index is 13.6. The number of hydrogen-bond donors (Lipinski definition) is 2. The molecule has 0 bridgehead atoms. The number of carbonyl (C=O) groups excluding carboxylic acids is 1. The quantitative estimate of drug-likeness (QED) is 0.325. The second-order valence-corrected chi connectivity index (χ2v) is 11.7. The van der Waals surface area contributed by atoms with Crippen LogP contribution in [0.5, 0.6) is 0 Å². The van der Waals surface area contributed by atoms with Crippen molar-refractivity contribution in [1.29, 1.82) is 0 Å². The average Bonchev–Trinajstić information content (AvgIpc) is 3.39. The van der Waals surface area contributed by atoms with Gasteiger partial charge in [-0.05, 0) is 54.6 Å². The van der Waals surface area contributed by atoms with Crippen LogP contribution in [0.4, 0.5) is 5.95 Å². The van der Waals surface area contributed by atoms with Crippen LogP contribution in [0.1, 0.15) is 54.3 Å². The van der Waals surface area contributed by atoms with Gasteiger partial charge >= 0.3 is 0 Å². The van der Waals surface area contributed by atoms with Gasteiger partial charge in [0.05, 0.1) is 23.6 Å². The van der Waals surface area contributed by atoms with Crippen molar-refractivity contribution in [2.75, 3.05) is 44.7 Å². The van der Waals surface area contributed by atoms with E-state index in [1.165, 1.54) is 16.6 Å². The number of nitrogens with zero attached hydrogens (tertiary/aromatic N) is 4. The van der Waals surface area contributed by atoms with Gasteiger partial charge in [0, 0.05) is 38.6 Å². The van der Waals surface area contributed by atoms with Gasteiger partial charge in [0.25, 0.3) is 0 Å². The second-order valence-electron chi connectivity index (χ2n) is 11.7. The Labute approximate surface area is 243 Å². The third-order valence-corrected chi connectivity index (χ3v) is 9.03. The van der Waals surface area contributed by atoms with Gasteiger partial charge < -0.3 is 25.4 Å². The first-order valence-corrected chi connectivity index (χ1v) is 15.1. The number of nitrogens with two attached hydrogens (primary N) is 1. The van der Waals surface area contributed by atoms with E-state index in [1.807, 2.05) is 30.3 Å². The molecule has 41 heavy (non-hydrogen) atoms. The van der Waals surface area contributed by atoms with E-state index in [1.54, 1.807) is 0 Å². The number of amides is 1. The Bertz CT molecular complexity index is 1440. The van der Waals surface area contributed by atoms with Gasteiger partial charge in [-0.2, -0.15) is 0 Å². The number of piperazine rings is 1. The summed E-state index contributed by atoms with van der Waals surface area (Å²) in [7, 11) is 2.18. The van der Waals surface area contributed by atoms with Crippen LogP contribution in [0.25, 0.3) is 11.0 Å². The monoisotopic (exact) mass is 550 g/mol. The predicted octanol–water partition coefficient (Wildman–Crippen LogP) is 4.93.